The van der Waals surface area contributed by atoms with E-state index in [0.717, 1.165) is 13.0 Å². The summed E-state index contributed by atoms with van der Waals surface area (Å²) in [7, 11) is 0. The van der Waals surface area contributed by atoms with Gasteiger partial charge in [-0.05, 0) is 12.1 Å². The molecule has 0 saturated heterocycles. The van der Waals surface area contributed by atoms with Gasteiger partial charge in [0.1, 0.15) is 5.82 Å². The van der Waals surface area contributed by atoms with E-state index in [9.17, 15) is 14.0 Å². The molecule has 15 heavy (non-hydrogen) atoms. The number of hydrogen-bond acceptors (Lipinski definition) is 3. The van der Waals surface area contributed by atoms with Crippen LogP contribution in [0.25, 0.3) is 0 Å². The molecule has 4 heteroatoms. The Bertz CT molecular complexity index is 424. The summed E-state index contributed by atoms with van der Waals surface area (Å²) in [6, 6.07) is 5.08. The maximum Gasteiger partial charge on any atom is 0.308 e. The molecule has 0 bridgehead atoms. The molecular weight excluding hydrogens is 199 g/mol. The molecule has 0 amide bonds. The molecule has 1 aromatic rings. The van der Waals surface area contributed by atoms with Crippen molar-refractivity contribution in [3.05, 3.63) is 48.0 Å². The maximum absolute atomic E-state index is 12.8. The number of hydrogen-bond donors (Lipinski definition) is 0. The summed E-state index contributed by atoms with van der Waals surface area (Å²) in [4.78, 5) is 22.0. The Balaban J connectivity index is 2.85. The van der Waals surface area contributed by atoms with Gasteiger partial charge in [0.15, 0.2) is 5.76 Å². The van der Waals surface area contributed by atoms with E-state index in [1.807, 2.05) is 0 Å². The Hall–Kier alpha value is -1.97. The molecule has 0 radical (unpaired) electrons. The lowest BCUT2D eigenvalue weighted by atomic mass is 10.1. The van der Waals surface area contributed by atoms with E-state index in [-0.39, 0.29) is 11.3 Å². The van der Waals surface area contributed by atoms with Crippen molar-refractivity contribution in [1.29, 1.82) is 0 Å². The molecular formula is C11H9FO3. The first kappa shape index (κ1) is 11.1. The summed E-state index contributed by atoms with van der Waals surface area (Å²) in [5, 5.41) is 0. The fraction of sp³-hybridized carbons (Fsp3) is 0.0909. The monoisotopic (exact) mass is 208 g/mol. The summed E-state index contributed by atoms with van der Waals surface area (Å²) in [5.74, 6) is -2.08. The summed E-state index contributed by atoms with van der Waals surface area (Å²) in [5.41, 5.74) is 0.0984. The van der Waals surface area contributed by atoms with Crippen LogP contribution in [0.15, 0.2) is 36.6 Å². The minimum Gasteiger partial charge on any atom is -0.423 e. The SMILES string of the molecule is C=C(OC(C)=O)C(=O)c1cccc(F)c1. The number of esters is 1. The molecule has 0 saturated carbocycles. The first-order chi connectivity index (χ1) is 7.00. The van der Waals surface area contributed by atoms with Crippen molar-refractivity contribution in [3.63, 3.8) is 0 Å². The zero-order valence-corrected chi connectivity index (χ0v) is 8.12. The average Bonchev–Trinajstić information content (AvgIpc) is 2.15. The lowest BCUT2D eigenvalue weighted by Crippen LogP contribution is -2.09. The minimum atomic E-state index is -0.634. The van der Waals surface area contributed by atoms with Gasteiger partial charge in [0.2, 0.25) is 5.78 Å². The molecule has 0 aromatic heterocycles. The standard InChI is InChI=1S/C11H9FO3/c1-7(15-8(2)13)11(14)9-4-3-5-10(12)6-9/h3-6H,1H2,2H3. The van der Waals surface area contributed by atoms with E-state index < -0.39 is 17.6 Å². The lowest BCUT2D eigenvalue weighted by Gasteiger charge is -2.03. The Labute approximate surface area is 86.2 Å². The highest BCUT2D eigenvalue weighted by Crippen LogP contribution is 2.10. The van der Waals surface area contributed by atoms with Gasteiger partial charge in [0.25, 0.3) is 0 Å². The van der Waals surface area contributed by atoms with Crippen LogP contribution in [0.3, 0.4) is 0 Å². The van der Waals surface area contributed by atoms with Crippen LogP contribution in [0.2, 0.25) is 0 Å². The quantitative estimate of drug-likeness (QED) is 0.330. The number of Topliss-reactive ketones (excluding diaryl/α,β-unsaturated/α-hetero) is 1. The number of allylic oxidation sites excluding steroid dienone is 1. The van der Waals surface area contributed by atoms with Gasteiger partial charge in [-0.15, -0.1) is 0 Å². The Morgan fingerprint density at radius 2 is 2.07 bits per heavy atom. The molecule has 0 aliphatic heterocycles. The van der Waals surface area contributed by atoms with Crippen molar-refractivity contribution >= 4 is 11.8 Å². The number of carbonyl (C=O) groups excluding carboxylic acids is 2. The second-order valence-electron chi connectivity index (χ2n) is 2.86. The molecule has 0 spiro atoms. The normalized spacial score (nSPS) is 9.47. The first-order valence-corrected chi connectivity index (χ1v) is 4.18. The van der Waals surface area contributed by atoms with Crippen LogP contribution in [0, 0.1) is 5.82 Å². The van der Waals surface area contributed by atoms with Crippen LogP contribution in [0.1, 0.15) is 17.3 Å². The van der Waals surface area contributed by atoms with E-state index in [1.165, 1.54) is 18.2 Å². The van der Waals surface area contributed by atoms with Gasteiger partial charge in [-0.25, -0.2) is 4.39 Å². The number of rotatable bonds is 3. The van der Waals surface area contributed by atoms with Crippen molar-refractivity contribution in [2.24, 2.45) is 0 Å². The molecule has 3 nitrogen and oxygen atoms in total. The van der Waals surface area contributed by atoms with E-state index in [2.05, 4.69) is 11.3 Å². The van der Waals surface area contributed by atoms with Crippen LogP contribution >= 0.6 is 0 Å². The Morgan fingerprint density at radius 1 is 1.40 bits per heavy atom. The Morgan fingerprint density at radius 3 is 2.60 bits per heavy atom. The maximum atomic E-state index is 12.8. The van der Waals surface area contributed by atoms with Crippen molar-refractivity contribution in [1.82, 2.24) is 0 Å². The van der Waals surface area contributed by atoms with Crippen LogP contribution in [0.5, 0.6) is 0 Å². The second kappa shape index (κ2) is 4.50. The van der Waals surface area contributed by atoms with Gasteiger partial charge in [-0.2, -0.15) is 0 Å². The van der Waals surface area contributed by atoms with Crippen LogP contribution in [0.4, 0.5) is 4.39 Å². The number of halogens is 1. The fourth-order valence-electron chi connectivity index (χ4n) is 1.01. The molecule has 0 unspecified atom stereocenters. The predicted octanol–water partition coefficient (Wildman–Crippen LogP) is 2.09. The molecule has 0 aliphatic rings. The topological polar surface area (TPSA) is 43.4 Å². The number of carbonyl (C=O) groups is 2. The third-order valence-electron chi connectivity index (χ3n) is 1.61. The molecule has 0 fully saturated rings. The van der Waals surface area contributed by atoms with Gasteiger partial charge in [0.05, 0.1) is 0 Å². The zero-order valence-electron chi connectivity index (χ0n) is 8.12. The van der Waals surface area contributed by atoms with Gasteiger partial charge in [-0.1, -0.05) is 18.7 Å². The van der Waals surface area contributed by atoms with Gasteiger partial charge >= 0.3 is 5.97 Å². The van der Waals surface area contributed by atoms with Gasteiger partial charge in [0, 0.05) is 12.5 Å². The van der Waals surface area contributed by atoms with Gasteiger partial charge < -0.3 is 4.74 Å². The van der Waals surface area contributed by atoms with E-state index in [0.29, 0.717) is 0 Å². The summed E-state index contributed by atoms with van der Waals surface area (Å²) < 4.78 is 17.3. The molecule has 1 aromatic carbocycles. The molecule has 1 rings (SSSR count). The molecule has 78 valence electrons. The fourth-order valence-corrected chi connectivity index (χ4v) is 1.01. The Kier molecular flexibility index (Phi) is 3.33. The summed E-state index contributed by atoms with van der Waals surface area (Å²) in [6.45, 7) is 4.44. The van der Waals surface area contributed by atoms with Gasteiger partial charge in [-0.3, -0.25) is 9.59 Å². The highest BCUT2D eigenvalue weighted by Gasteiger charge is 2.13. The van der Waals surface area contributed by atoms with Crippen molar-refractivity contribution in [3.8, 4) is 0 Å². The smallest absolute Gasteiger partial charge is 0.308 e. The van der Waals surface area contributed by atoms with Crippen LogP contribution < -0.4 is 0 Å². The third kappa shape index (κ3) is 3.02. The number of ketones is 1. The highest BCUT2D eigenvalue weighted by atomic mass is 19.1. The lowest BCUT2D eigenvalue weighted by molar-refractivity contribution is -0.136. The van der Waals surface area contributed by atoms with Crippen LogP contribution in [-0.4, -0.2) is 11.8 Å². The molecule has 0 aliphatic carbocycles. The largest absolute Gasteiger partial charge is 0.423 e. The molecule has 0 atom stereocenters. The zero-order chi connectivity index (χ0) is 11.4. The van der Waals surface area contributed by atoms with E-state index in [1.54, 1.807) is 0 Å². The summed E-state index contributed by atoms with van der Waals surface area (Å²) in [6.07, 6.45) is 0. The number of ether oxygens (including phenoxy) is 1. The summed E-state index contributed by atoms with van der Waals surface area (Å²) >= 11 is 0. The molecule has 0 heterocycles. The number of benzene rings is 1. The highest BCUT2D eigenvalue weighted by molar-refractivity contribution is 6.07. The van der Waals surface area contributed by atoms with Crippen molar-refractivity contribution in [2.45, 2.75) is 6.92 Å². The second-order valence-corrected chi connectivity index (χ2v) is 2.86. The van der Waals surface area contributed by atoms with Crippen molar-refractivity contribution in [2.75, 3.05) is 0 Å². The van der Waals surface area contributed by atoms with Crippen molar-refractivity contribution < 1.29 is 18.7 Å². The molecule has 0 N–H and O–H groups in total. The van der Waals surface area contributed by atoms with Crippen LogP contribution in [-0.2, 0) is 9.53 Å². The minimum absolute atomic E-state index is 0.0984. The average molecular weight is 208 g/mol. The first-order valence-electron chi connectivity index (χ1n) is 4.18. The third-order valence-corrected chi connectivity index (χ3v) is 1.61. The van der Waals surface area contributed by atoms with E-state index in [4.69, 9.17) is 0 Å². The predicted molar refractivity (Wildman–Crippen MR) is 51.6 cm³/mol. The van der Waals surface area contributed by atoms with E-state index >= 15 is 0 Å².